The molecule has 1 aromatic rings. The molecule has 3 aliphatic rings. The molecule has 1 atom stereocenters. The summed E-state index contributed by atoms with van der Waals surface area (Å²) in [6, 6.07) is 3.66. The van der Waals surface area contributed by atoms with Crippen LogP contribution in [-0.2, 0) is 19.0 Å². The molecular formula is C18H20N2O7S. The van der Waals surface area contributed by atoms with Crippen LogP contribution in [0.25, 0.3) is 0 Å². The van der Waals surface area contributed by atoms with Gasteiger partial charge in [-0.15, -0.1) is 0 Å². The normalized spacial score (nSPS) is 24.6. The van der Waals surface area contributed by atoms with Gasteiger partial charge in [-0.2, -0.15) is 8.42 Å². The highest BCUT2D eigenvalue weighted by Gasteiger charge is 2.54. The van der Waals surface area contributed by atoms with Gasteiger partial charge in [0.05, 0.1) is 22.6 Å². The van der Waals surface area contributed by atoms with Gasteiger partial charge >= 0.3 is 6.09 Å². The second kappa shape index (κ2) is 6.71. The van der Waals surface area contributed by atoms with Crippen LogP contribution in [0.5, 0.6) is 0 Å². The molecule has 3 aliphatic heterocycles. The smallest absolute Gasteiger partial charge is 0.412 e. The van der Waals surface area contributed by atoms with E-state index < -0.39 is 40.3 Å². The molecule has 0 aromatic heterocycles. The van der Waals surface area contributed by atoms with Crippen molar-refractivity contribution >= 4 is 28.0 Å². The van der Waals surface area contributed by atoms with Crippen LogP contribution in [-0.4, -0.2) is 61.5 Å². The third-order valence-electron chi connectivity index (χ3n) is 4.89. The summed E-state index contributed by atoms with van der Waals surface area (Å²) in [5.41, 5.74) is -1.56. The third-order valence-corrected chi connectivity index (χ3v) is 6.25. The molecule has 1 fully saturated rings. The Bertz CT molecular complexity index is 988. The summed E-state index contributed by atoms with van der Waals surface area (Å²) in [4.78, 5) is 39.6. The zero-order valence-corrected chi connectivity index (χ0v) is 15.0. The van der Waals surface area contributed by atoms with Crippen molar-refractivity contribution in [3.63, 3.8) is 0 Å². The Hall–Kier alpha value is -2.72. The summed E-state index contributed by atoms with van der Waals surface area (Å²) in [5, 5.41) is 0. The first-order valence-electron chi connectivity index (χ1n) is 8.30. The first-order chi connectivity index (χ1) is 12.8. The lowest BCUT2D eigenvalue weighted by Crippen LogP contribution is -2.57. The van der Waals surface area contributed by atoms with Gasteiger partial charge in [0.2, 0.25) is 0 Å². The van der Waals surface area contributed by atoms with Crippen LogP contribution in [0.4, 0.5) is 4.79 Å². The molecule has 0 saturated carbocycles. The lowest BCUT2D eigenvalue weighted by Gasteiger charge is -2.38. The molecule has 0 aliphatic carbocycles. The van der Waals surface area contributed by atoms with Gasteiger partial charge in [-0.05, 0) is 24.6 Å². The molecule has 9 nitrogen and oxygen atoms in total. The maximum Gasteiger partial charge on any atom is 0.412 e. The SMILES string of the molecule is C.C=CCOC(=O)N1CCC[C@]12CN1C(=O)c3ccc(cc3C1=O)S(=O)(=O)O2. The van der Waals surface area contributed by atoms with Crippen molar-refractivity contribution in [2.24, 2.45) is 0 Å². The Morgan fingerprint density at radius 2 is 2.00 bits per heavy atom. The second-order valence-electron chi connectivity index (χ2n) is 6.51. The van der Waals surface area contributed by atoms with Crippen molar-refractivity contribution in [2.75, 3.05) is 19.7 Å². The minimum atomic E-state index is -4.28. The minimum Gasteiger partial charge on any atom is -0.445 e. The Kier molecular flexibility index (Phi) is 4.80. The predicted octanol–water partition coefficient (Wildman–Crippen LogP) is 1.75. The zero-order valence-electron chi connectivity index (χ0n) is 14.2. The molecule has 150 valence electrons. The maximum atomic E-state index is 12.8. The molecule has 0 N–H and O–H groups in total. The van der Waals surface area contributed by atoms with Crippen LogP contribution in [0.15, 0.2) is 35.7 Å². The Balaban J connectivity index is 0.00000225. The van der Waals surface area contributed by atoms with Crippen LogP contribution < -0.4 is 0 Å². The first kappa shape index (κ1) is 20.0. The maximum absolute atomic E-state index is 12.8. The summed E-state index contributed by atoms with van der Waals surface area (Å²) in [5.74, 6) is -1.15. The highest BCUT2D eigenvalue weighted by molar-refractivity contribution is 7.86. The molecule has 10 heteroatoms. The molecule has 0 radical (unpaired) electrons. The fraction of sp³-hybridized carbons (Fsp3) is 0.389. The number of amides is 3. The van der Waals surface area contributed by atoms with Crippen molar-refractivity contribution in [3.05, 3.63) is 42.0 Å². The first-order valence-corrected chi connectivity index (χ1v) is 9.71. The average Bonchev–Trinajstić information content (AvgIpc) is 3.14. The van der Waals surface area contributed by atoms with E-state index in [9.17, 15) is 22.8 Å². The third kappa shape index (κ3) is 2.80. The van der Waals surface area contributed by atoms with Gasteiger partial charge in [-0.3, -0.25) is 19.4 Å². The van der Waals surface area contributed by atoms with E-state index in [0.717, 1.165) is 15.9 Å². The number of rotatable bonds is 2. The van der Waals surface area contributed by atoms with Gasteiger partial charge < -0.3 is 4.74 Å². The molecule has 4 rings (SSSR count). The van der Waals surface area contributed by atoms with Crippen molar-refractivity contribution < 1.29 is 31.7 Å². The van der Waals surface area contributed by atoms with Crippen molar-refractivity contribution in [1.29, 1.82) is 0 Å². The van der Waals surface area contributed by atoms with E-state index >= 15 is 0 Å². The van der Waals surface area contributed by atoms with Gasteiger partial charge in [-0.25, -0.2) is 8.98 Å². The number of hydrogen-bond donors (Lipinski definition) is 0. The molecule has 1 saturated heterocycles. The van der Waals surface area contributed by atoms with Crippen LogP contribution in [0.2, 0.25) is 0 Å². The van der Waals surface area contributed by atoms with E-state index in [4.69, 9.17) is 8.92 Å². The zero-order chi connectivity index (χ0) is 19.4. The van der Waals surface area contributed by atoms with Crippen LogP contribution in [0.3, 0.4) is 0 Å². The van der Waals surface area contributed by atoms with Crippen LogP contribution in [0.1, 0.15) is 41.0 Å². The molecule has 1 aromatic carbocycles. The van der Waals surface area contributed by atoms with Crippen molar-refractivity contribution in [3.8, 4) is 0 Å². The summed E-state index contributed by atoms with van der Waals surface area (Å²) in [7, 11) is -4.28. The van der Waals surface area contributed by atoms with Crippen molar-refractivity contribution in [1.82, 2.24) is 9.80 Å². The fourth-order valence-corrected chi connectivity index (χ4v) is 4.89. The highest BCUT2D eigenvalue weighted by Crippen LogP contribution is 2.39. The molecule has 28 heavy (non-hydrogen) atoms. The number of nitrogens with zero attached hydrogens (tertiary/aromatic N) is 2. The number of imide groups is 1. The number of benzene rings is 1. The van der Waals surface area contributed by atoms with E-state index in [0.29, 0.717) is 6.42 Å². The number of fused-ring (bicyclic) bond motifs is 2. The monoisotopic (exact) mass is 408 g/mol. The Morgan fingerprint density at radius 3 is 2.71 bits per heavy atom. The van der Waals surface area contributed by atoms with Crippen molar-refractivity contribution in [2.45, 2.75) is 30.9 Å². The second-order valence-corrected chi connectivity index (χ2v) is 8.05. The standard InChI is InChI=1S/C17H16N2O7S.CH4/c1-2-8-25-16(22)19-7-3-6-17(19)10-18-14(20)12-5-4-11(27(23,24)26-17)9-13(12)15(18)21;/h2,4-5,9H,1,3,6-8,10H2;1H4/t17-;/m0./s1. The summed E-state index contributed by atoms with van der Waals surface area (Å²) in [6.07, 6.45) is 1.14. The Labute approximate surface area is 162 Å². The molecule has 3 heterocycles. The molecule has 3 bridgehead atoms. The van der Waals surface area contributed by atoms with Gasteiger partial charge in [0.25, 0.3) is 21.9 Å². The fourth-order valence-electron chi connectivity index (χ4n) is 3.66. The topological polar surface area (TPSA) is 110 Å². The van der Waals surface area contributed by atoms with Gasteiger partial charge in [0.1, 0.15) is 6.61 Å². The lowest BCUT2D eigenvalue weighted by molar-refractivity contribution is -0.0563. The largest absolute Gasteiger partial charge is 0.445 e. The molecule has 0 unspecified atom stereocenters. The minimum absolute atomic E-state index is 0. The van der Waals surface area contributed by atoms with E-state index in [1.807, 2.05) is 0 Å². The van der Waals surface area contributed by atoms with Gasteiger partial charge in [-0.1, -0.05) is 20.1 Å². The van der Waals surface area contributed by atoms with Gasteiger partial charge in [0.15, 0.2) is 5.72 Å². The highest BCUT2D eigenvalue weighted by atomic mass is 32.2. The number of carbonyl (C=O) groups excluding carboxylic acids is 3. The van der Waals surface area contributed by atoms with Gasteiger partial charge in [0, 0.05) is 13.0 Å². The lowest BCUT2D eigenvalue weighted by atomic mass is 10.1. The molecule has 3 amide bonds. The summed E-state index contributed by atoms with van der Waals surface area (Å²) >= 11 is 0. The number of carbonyl (C=O) groups is 3. The Morgan fingerprint density at radius 1 is 1.29 bits per heavy atom. The quantitative estimate of drug-likeness (QED) is 0.416. The van der Waals surface area contributed by atoms with E-state index in [2.05, 4.69) is 6.58 Å². The summed E-state index contributed by atoms with van der Waals surface area (Å²) in [6.45, 7) is 3.17. The average molecular weight is 408 g/mol. The number of ether oxygens (including phenoxy) is 1. The van der Waals surface area contributed by atoms with Crippen LogP contribution >= 0.6 is 0 Å². The van der Waals surface area contributed by atoms with E-state index in [1.54, 1.807) is 0 Å². The number of hydrogen-bond acceptors (Lipinski definition) is 7. The van der Waals surface area contributed by atoms with Crippen LogP contribution in [0, 0.1) is 0 Å². The van der Waals surface area contributed by atoms with E-state index in [-0.39, 0.29) is 43.0 Å². The van der Waals surface area contributed by atoms with E-state index in [1.165, 1.54) is 18.2 Å². The predicted molar refractivity (Wildman–Crippen MR) is 97.0 cm³/mol. The number of likely N-dealkylation sites (tertiary alicyclic amines) is 1. The molecule has 1 spiro atoms. The summed E-state index contributed by atoms with van der Waals surface area (Å²) < 4.78 is 36.1. The molecular weight excluding hydrogens is 388 g/mol.